The molecule has 0 fully saturated rings. The molecule has 1 aliphatic rings. The standard InChI is InChI=1S/C25H28N3O6PS/c1-4-33-35(31,34-5-2)15-26-23(29)22-16(3)27-24(36-22)28-25(30)32-14-21-19-12-8-6-10-17(19)18-11-7-9-13-20(18)21/h6-13,21,31H,4-5,14-15H2,1-3H3,(H-,26,27,28,29,30)/p+1. The van der Waals surface area contributed by atoms with Crippen LogP contribution in [0.3, 0.4) is 0 Å². The van der Waals surface area contributed by atoms with Gasteiger partial charge >= 0.3 is 14.0 Å². The zero-order valence-electron chi connectivity index (χ0n) is 20.3. The SMILES string of the molecule is CCO[P+](O)(CNC(=O)c1sc(NC(=O)OCC2c3ccccc3-c3ccccc32)nc1C)OCC. The molecule has 190 valence electrons. The minimum atomic E-state index is -3.18. The van der Waals surface area contributed by atoms with E-state index in [-0.39, 0.29) is 37.2 Å². The summed E-state index contributed by atoms with van der Waals surface area (Å²) in [4.78, 5) is 40.2. The highest BCUT2D eigenvalue weighted by Gasteiger charge is 2.40. The largest absolute Gasteiger partial charge is 0.448 e. The quantitative estimate of drug-likeness (QED) is 0.303. The fourth-order valence-electron chi connectivity index (χ4n) is 4.17. The van der Waals surface area contributed by atoms with E-state index in [2.05, 4.69) is 39.9 Å². The number of carbonyl (C=O) groups excluding carboxylic acids is 2. The van der Waals surface area contributed by atoms with Crippen LogP contribution in [0.15, 0.2) is 48.5 Å². The molecule has 0 aliphatic heterocycles. The van der Waals surface area contributed by atoms with Gasteiger partial charge in [0.25, 0.3) is 5.91 Å². The number of aromatic nitrogens is 1. The summed E-state index contributed by atoms with van der Waals surface area (Å²) in [6, 6.07) is 16.2. The van der Waals surface area contributed by atoms with Crippen molar-refractivity contribution in [3.05, 3.63) is 70.2 Å². The Balaban J connectivity index is 1.36. The number of anilines is 1. The lowest BCUT2D eigenvalue weighted by atomic mass is 9.98. The Hall–Kier alpha value is -2.88. The van der Waals surface area contributed by atoms with Gasteiger partial charge in [-0.15, -0.1) is 0 Å². The smallest absolute Gasteiger partial charge is 0.429 e. The van der Waals surface area contributed by atoms with Gasteiger partial charge in [0.15, 0.2) is 5.13 Å². The van der Waals surface area contributed by atoms with Gasteiger partial charge in [0, 0.05) is 5.92 Å². The molecule has 1 aromatic heterocycles. The Morgan fingerprint density at radius 1 is 1.03 bits per heavy atom. The van der Waals surface area contributed by atoms with Crippen LogP contribution in [0.2, 0.25) is 0 Å². The lowest BCUT2D eigenvalue weighted by Crippen LogP contribution is -2.27. The van der Waals surface area contributed by atoms with Crippen LogP contribution in [0.5, 0.6) is 0 Å². The maximum atomic E-state index is 12.7. The van der Waals surface area contributed by atoms with E-state index in [9.17, 15) is 14.5 Å². The first-order chi connectivity index (χ1) is 17.3. The first kappa shape index (κ1) is 26.2. The third-order valence-corrected chi connectivity index (χ3v) is 8.61. The fraction of sp³-hybridized carbons (Fsp3) is 0.320. The molecular weight excluding hydrogens is 501 g/mol. The van der Waals surface area contributed by atoms with Crippen molar-refractivity contribution in [2.24, 2.45) is 0 Å². The van der Waals surface area contributed by atoms with E-state index in [1.165, 1.54) is 0 Å². The molecule has 0 saturated carbocycles. The normalized spacial score (nSPS) is 12.7. The topological polar surface area (TPSA) is 119 Å². The van der Waals surface area contributed by atoms with Gasteiger partial charge in [-0.2, -0.15) is 13.9 Å². The van der Waals surface area contributed by atoms with Crippen LogP contribution in [-0.2, 0) is 13.8 Å². The highest BCUT2D eigenvalue weighted by Crippen LogP contribution is 2.55. The van der Waals surface area contributed by atoms with E-state index in [1.54, 1.807) is 20.8 Å². The number of nitrogens with one attached hydrogen (secondary N) is 2. The van der Waals surface area contributed by atoms with E-state index in [1.807, 2.05) is 24.3 Å². The summed E-state index contributed by atoms with van der Waals surface area (Å²) in [6.45, 7) is 5.83. The molecule has 1 heterocycles. The van der Waals surface area contributed by atoms with Gasteiger partial charge in [-0.05, 0) is 43.0 Å². The molecule has 3 aromatic rings. The van der Waals surface area contributed by atoms with Gasteiger partial charge in [0.1, 0.15) is 11.5 Å². The Morgan fingerprint density at radius 3 is 2.19 bits per heavy atom. The number of nitrogens with zero attached hydrogens (tertiary/aromatic N) is 1. The molecule has 2 amide bonds. The van der Waals surface area contributed by atoms with Crippen molar-refractivity contribution in [2.75, 3.05) is 31.4 Å². The molecule has 3 N–H and O–H groups in total. The van der Waals surface area contributed by atoms with Gasteiger partial charge in [-0.25, -0.2) is 9.78 Å². The molecule has 11 heteroatoms. The van der Waals surface area contributed by atoms with E-state index >= 15 is 0 Å². The van der Waals surface area contributed by atoms with Crippen molar-refractivity contribution in [2.45, 2.75) is 26.7 Å². The van der Waals surface area contributed by atoms with Crippen molar-refractivity contribution in [3.8, 4) is 11.1 Å². The van der Waals surface area contributed by atoms with E-state index in [0.29, 0.717) is 10.6 Å². The Labute approximate surface area is 214 Å². The summed E-state index contributed by atoms with van der Waals surface area (Å²) in [5.41, 5.74) is 4.99. The summed E-state index contributed by atoms with van der Waals surface area (Å²) in [5.74, 6) is -0.497. The maximum Gasteiger partial charge on any atom is 0.429 e. The van der Waals surface area contributed by atoms with Crippen molar-refractivity contribution in [1.82, 2.24) is 10.3 Å². The molecule has 0 saturated heterocycles. The van der Waals surface area contributed by atoms with Crippen molar-refractivity contribution < 1.29 is 28.3 Å². The van der Waals surface area contributed by atoms with Crippen LogP contribution in [0.4, 0.5) is 9.93 Å². The summed E-state index contributed by atoms with van der Waals surface area (Å²) in [5, 5.41) is 5.50. The average molecular weight is 531 g/mol. The second-order valence-electron chi connectivity index (χ2n) is 8.02. The van der Waals surface area contributed by atoms with Crippen molar-refractivity contribution >= 4 is 36.4 Å². The molecular formula is C25H29N3O6PS+. The molecule has 0 unspecified atom stereocenters. The average Bonchev–Trinajstić information content (AvgIpc) is 3.39. The molecule has 4 rings (SSSR count). The number of benzene rings is 2. The number of ether oxygens (including phenoxy) is 1. The first-order valence-electron chi connectivity index (χ1n) is 11.6. The maximum absolute atomic E-state index is 12.7. The van der Waals surface area contributed by atoms with Gasteiger partial charge in [-0.1, -0.05) is 59.9 Å². The van der Waals surface area contributed by atoms with Crippen LogP contribution in [0.25, 0.3) is 11.1 Å². The molecule has 0 spiro atoms. The minimum Gasteiger partial charge on any atom is -0.448 e. The Kier molecular flexibility index (Phi) is 8.33. The molecule has 9 nitrogen and oxygen atoms in total. The van der Waals surface area contributed by atoms with Crippen LogP contribution < -0.4 is 10.6 Å². The molecule has 2 aromatic carbocycles. The Morgan fingerprint density at radius 2 is 1.61 bits per heavy atom. The van der Waals surface area contributed by atoms with Crippen LogP contribution >= 0.6 is 19.3 Å². The lowest BCUT2D eigenvalue weighted by Gasteiger charge is -2.15. The number of amides is 2. The third kappa shape index (κ3) is 5.74. The van der Waals surface area contributed by atoms with E-state index in [0.717, 1.165) is 33.6 Å². The predicted octanol–water partition coefficient (Wildman–Crippen LogP) is 5.33. The number of hydrogen-bond acceptors (Lipinski definition) is 8. The first-order valence-corrected chi connectivity index (χ1v) is 14.2. The van der Waals surface area contributed by atoms with Crippen LogP contribution in [-0.4, -0.2) is 48.0 Å². The molecule has 0 radical (unpaired) electrons. The van der Waals surface area contributed by atoms with E-state index < -0.39 is 19.9 Å². The summed E-state index contributed by atoms with van der Waals surface area (Å²) in [6.07, 6.45) is -0.800. The zero-order valence-corrected chi connectivity index (χ0v) is 22.0. The van der Waals surface area contributed by atoms with Gasteiger partial charge in [0.2, 0.25) is 6.29 Å². The van der Waals surface area contributed by atoms with E-state index in [4.69, 9.17) is 13.8 Å². The number of rotatable bonds is 10. The van der Waals surface area contributed by atoms with Crippen LogP contribution in [0.1, 0.15) is 46.3 Å². The van der Waals surface area contributed by atoms with Crippen molar-refractivity contribution in [3.63, 3.8) is 0 Å². The molecule has 36 heavy (non-hydrogen) atoms. The molecule has 0 bridgehead atoms. The summed E-state index contributed by atoms with van der Waals surface area (Å²) < 4.78 is 16.2. The zero-order chi connectivity index (χ0) is 25.7. The Bertz CT molecular complexity index is 1200. The van der Waals surface area contributed by atoms with Crippen molar-refractivity contribution in [1.29, 1.82) is 0 Å². The van der Waals surface area contributed by atoms with Gasteiger partial charge in [-0.3, -0.25) is 10.1 Å². The second-order valence-corrected chi connectivity index (χ2v) is 11.1. The highest BCUT2D eigenvalue weighted by molar-refractivity contribution is 7.60. The third-order valence-electron chi connectivity index (χ3n) is 5.66. The highest BCUT2D eigenvalue weighted by atomic mass is 32.1. The second kappa shape index (κ2) is 11.5. The number of aryl methyl sites for hydroxylation is 1. The number of thiazole rings is 1. The summed E-state index contributed by atoms with van der Waals surface area (Å²) >= 11 is 1.02. The van der Waals surface area contributed by atoms with Crippen LogP contribution in [0, 0.1) is 6.92 Å². The fourth-order valence-corrected chi connectivity index (χ4v) is 6.44. The number of fused-ring (bicyclic) bond motifs is 3. The predicted molar refractivity (Wildman–Crippen MR) is 140 cm³/mol. The van der Waals surface area contributed by atoms with Gasteiger partial charge < -0.3 is 10.1 Å². The summed E-state index contributed by atoms with van der Waals surface area (Å²) in [7, 11) is -3.18. The minimum absolute atomic E-state index is 0.0553. The molecule has 1 aliphatic carbocycles. The van der Waals surface area contributed by atoms with Gasteiger partial charge in [0.05, 0.1) is 18.9 Å². The number of hydrogen-bond donors (Lipinski definition) is 3. The lowest BCUT2D eigenvalue weighted by molar-refractivity contribution is 0.0953. The molecule has 0 atom stereocenters. The monoisotopic (exact) mass is 530 g/mol. The number of carbonyl (C=O) groups is 2.